The van der Waals surface area contributed by atoms with E-state index in [-0.39, 0.29) is 17.9 Å². The van der Waals surface area contributed by atoms with Gasteiger partial charge in [0.1, 0.15) is 5.75 Å². The highest BCUT2D eigenvalue weighted by atomic mass is 16.5. The van der Waals surface area contributed by atoms with Gasteiger partial charge in [-0.2, -0.15) is 0 Å². The normalized spacial score (nSPS) is 14.8. The van der Waals surface area contributed by atoms with Crippen LogP contribution in [0.1, 0.15) is 39.1 Å². The van der Waals surface area contributed by atoms with Gasteiger partial charge < -0.3 is 15.0 Å². The van der Waals surface area contributed by atoms with E-state index in [1.807, 2.05) is 36.1 Å². The highest BCUT2D eigenvalue weighted by molar-refractivity contribution is 5.95. The predicted octanol–water partition coefficient (Wildman–Crippen LogP) is 3.04. The number of carbonyl (C=O) groups excluding carboxylic acids is 2. The van der Waals surface area contributed by atoms with Gasteiger partial charge in [0.2, 0.25) is 0 Å². The number of likely N-dealkylation sites (tertiary alicyclic amines) is 1. The number of rotatable bonds is 4. The summed E-state index contributed by atoms with van der Waals surface area (Å²) in [5.41, 5.74) is 2.46. The molecule has 26 heavy (non-hydrogen) atoms. The Labute approximate surface area is 154 Å². The Balaban J connectivity index is 1.52. The van der Waals surface area contributed by atoms with E-state index in [0.717, 1.165) is 24.2 Å². The third-order valence-electron chi connectivity index (χ3n) is 4.77. The van der Waals surface area contributed by atoms with Crippen LogP contribution in [0.3, 0.4) is 0 Å². The van der Waals surface area contributed by atoms with Crippen LogP contribution < -0.4 is 10.1 Å². The maximum absolute atomic E-state index is 12.6. The molecule has 1 aliphatic rings. The molecule has 1 saturated heterocycles. The molecule has 0 spiro atoms. The van der Waals surface area contributed by atoms with Crippen molar-refractivity contribution >= 4 is 11.8 Å². The fourth-order valence-electron chi connectivity index (χ4n) is 3.12. The quantitative estimate of drug-likeness (QED) is 0.920. The molecule has 0 unspecified atom stereocenters. The first-order valence-electron chi connectivity index (χ1n) is 8.87. The van der Waals surface area contributed by atoms with Crippen molar-refractivity contribution in [2.45, 2.75) is 25.8 Å². The molecule has 5 heteroatoms. The zero-order valence-corrected chi connectivity index (χ0v) is 15.2. The van der Waals surface area contributed by atoms with Crippen LogP contribution >= 0.6 is 0 Å². The Morgan fingerprint density at radius 2 is 1.54 bits per heavy atom. The number of nitrogens with one attached hydrogen (secondary N) is 1. The lowest BCUT2D eigenvalue weighted by molar-refractivity contribution is 0.0698. The molecule has 0 aromatic heterocycles. The summed E-state index contributed by atoms with van der Waals surface area (Å²) in [4.78, 5) is 26.7. The Kier molecular flexibility index (Phi) is 5.56. The molecule has 1 heterocycles. The van der Waals surface area contributed by atoms with E-state index in [1.165, 1.54) is 0 Å². The lowest BCUT2D eigenvalue weighted by Gasteiger charge is -2.32. The van der Waals surface area contributed by atoms with Gasteiger partial charge in [-0.1, -0.05) is 17.7 Å². The standard InChI is InChI=1S/C21H24N2O3/c1-15-3-5-16(6-4-15)20(24)22-18-11-13-23(14-12-18)21(25)17-7-9-19(26-2)10-8-17/h3-10,18H,11-14H2,1-2H3,(H,22,24). The number of piperidine rings is 1. The van der Waals surface area contributed by atoms with Gasteiger partial charge in [-0.05, 0) is 56.2 Å². The molecule has 2 aromatic rings. The lowest BCUT2D eigenvalue weighted by atomic mass is 10.0. The average molecular weight is 352 g/mol. The smallest absolute Gasteiger partial charge is 0.253 e. The summed E-state index contributed by atoms with van der Waals surface area (Å²) in [6, 6.07) is 14.8. The van der Waals surface area contributed by atoms with Gasteiger partial charge in [0.05, 0.1) is 7.11 Å². The Hall–Kier alpha value is -2.82. The monoisotopic (exact) mass is 352 g/mol. The van der Waals surface area contributed by atoms with Crippen molar-refractivity contribution in [3.8, 4) is 5.75 Å². The van der Waals surface area contributed by atoms with Crippen LogP contribution in [-0.4, -0.2) is 43.0 Å². The Bertz CT molecular complexity index is 761. The van der Waals surface area contributed by atoms with Gasteiger partial charge in [-0.3, -0.25) is 9.59 Å². The SMILES string of the molecule is COc1ccc(C(=O)N2CCC(NC(=O)c3ccc(C)cc3)CC2)cc1. The molecule has 2 aromatic carbocycles. The molecule has 0 atom stereocenters. The molecule has 1 N–H and O–H groups in total. The van der Waals surface area contributed by atoms with Gasteiger partial charge >= 0.3 is 0 Å². The van der Waals surface area contributed by atoms with Crippen LogP contribution in [0.4, 0.5) is 0 Å². The van der Waals surface area contributed by atoms with Crippen LogP contribution in [-0.2, 0) is 0 Å². The molecule has 3 rings (SSSR count). The van der Waals surface area contributed by atoms with E-state index in [4.69, 9.17) is 4.74 Å². The van der Waals surface area contributed by atoms with Crippen molar-refractivity contribution in [3.63, 3.8) is 0 Å². The van der Waals surface area contributed by atoms with Crippen LogP contribution in [0, 0.1) is 6.92 Å². The number of benzene rings is 2. The maximum atomic E-state index is 12.6. The van der Waals surface area contributed by atoms with E-state index in [9.17, 15) is 9.59 Å². The summed E-state index contributed by atoms with van der Waals surface area (Å²) in [5, 5.41) is 3.08. The van der Waals surface area contributed by atoms with E-state index >= 15 is 0 Å². The van der Waals surface area contributed by atoms with Gasteiger partial charge in [0, 0.05) is 30.3 Å². The first kappa shape index (κ1) is 18.0. The van der Waals surface area contributed by atoms with Crippen molar-refractivity contribution in [2.24, 2.45) is 0 Å². The zero-order chi connectivity index (χ0) is 18.5. The average Bonchev–Trinajstić information content (AvgIpc) is 2.68. The third-order valence-corrected chi connectivity index (χ3v) is 4.77. The van der Waals surface area contributed by atoms with Gasteiger partial charge in [-0.15, -0.1) is 0 Å². The number of ether oxygens (including phenoxy) is 1. The Morgan fingerprint density at radius 1 is 0.962 bits per heavy atom. The highest BCUT2D eigenvalue weighted by Gasteiger charge is 2.24. The van der Waals surface area contributed by atoms with Gasteiger partial charge in [-0.25, -0.2) is 0 Å². The molecule has 1 aliphatic heterocycles. The number of methoxy groups -OCH3 is 1. The third kappa shape index (κ3) is 4.23. The predicted molar refractivity (Wildman–Crippen MR) is 101 cm³/mol. The van der Waals surface area contributed by atoms with Crippen LogP contribution in [0.2, 0.25) is 0 Å². The van der Waals surface area contributed by atoms with E-state index in [2.05, 4.69) is 5.32 Å². The van der Waals surface area contributed by atoms with E-state index in [0.29, 0.717) is 24.2 Å². The van der Waals surface area contributed by atoms with E-state index < -0.39 is 0 Å². The fourth-order valence-corrected chi connectivity index (χ4v) is 3.12. The molecule has 0 radical (unpaired) electrons. The minimum atomic E-state index is -0.0510. The maximum Gasteiger partial charge on any atom is 0.253 e. The van der Waals surface area contributed by atoms with E-state index in [1.54, 1.807) is 31.4 Å². The molecule has 136 valence electrons. The second-order valence-electron chi connectivity index (χ2n) is 6.63. The number of aryl methyl sites for hydroxylation is 1. The first-order valence-corrected chi connectivity index (χ1v) is 8.87. The molecule has 5 nitrogen and oxygen atoms in total. The summed E-state index contributed by atoms with van der Waals surface area (Å²) >= 11 is 0. The van der Waals surface area contributed by atoms with Crippen molar-refractivity contribution < 1.29 is 14.3 Å². The van der Waals surface area contributed by atoms with Gasteiger partial charge in [0.15, 0.2) is 0 Å². The molecule has 0 bridgehead atoms. The largest absolute Gasteiger partial charge is 0.497 e. The Morgan fingerprint density at radius 3 is 2.12 bits per heavy atom. The zero-order valence-electron chi connectivity index (χ0n) is 15.2. The minimum Gasteiger partial charge on any atom is -0.497 e. The van der Waals surface area contributed by atoms with Crippen molar-refractivity contribution in [1.82, 2.24) is 10.2 Å². The topological polar surface area (TPSA) is 58.6 Å². The number of hydrogen-bond donors (Lipinski definition) is 1. The van der Waals surface area contributed by atoms with Crippen LogP contribution in [0.5, 0.6) is 5.75 Å². The number of carbonyl (C=O) groups is 2. The molecule has 1 fully saturated rings. The first-order chi connectivity index (χ1) is 12.6. The van der Waals surface area contributed by atoms with Crippen molar-refractivity contribution in [1.29, 1.82) is 0 Å². The summed E-state index contributed by atoms with van der Waals surface area (Å²) in [6.45, 7) is 3.28. The number of hydrogen-bond acceptors (Lipinski definition) is 3. The molecule has 0 aliphatic carbocycles. The minimum absolute atomic E-state index is 0.0240. The second kappa shape index (κ2) is 8.04. The molecular weight excluding hydrogens is 328 g/mol. The highest BCUT2D eigenvalue weighted by Crippen LogP contribution is 2.17. The van der Waals surface area contributed by atoms with Crippen LogP contribution in [0.25, 0.3) is 0 Å². The summed E-state index contributed by atoms with van der Waals surface area (Å²) < 4.78 is 5.12. The van der Waals surface area contributed by atoms with Crippen molar-refractivity contribution in [2.75, 3.05) is 20.2 Å². The lowest BCUT2D eigenvalue weighted by Crippen LogP contribution is -2.46. The molecule has 0 saturated carbocycles. The van der Waals surface area contributed by atoms with Crippen molar-refractivity contribution in [3.05, 3.63) is 65.2 Å². The second-order valence-corrected chi connectivity index (χ2v) is 6.63. The van der Waals surface area contributed by atoms with Crippen LogP contribution in [0.15, 0.2) is 48.5 Å². The van der Waals surface area contributed by atoms with Gasteiger partial charge in [0.25, 0.3) is 11.8 Å². The number of nitrogens with zero attached hydrogens (tertiary/aromatic N) is 1. The number of amides is 2. The molecular formula is C21H24N2O3. The molecule has 2 amide bonds. The summed E-state index contributed by atoms with van der Waals surface area (Å²) in [5.74, 6) is 0.708. The fraction of sp³-hybridized carbons (Fsp3) is 0.333. The summed E-state index contributed by atoms with van der Waals surface area (Å²) in [7, 11) is 1.60. The summed E-state index contributed by atoms with van der Waals surface area (Å²) in [6.07, 6.45) is 1.53.